The van der Waals surface area contributed by atoms with E-state index in [1.165, 1.54) is 0 Å². The fourth-order valence-corrected chi connectivity index (χ4v) is 1.63. The molecule has 0 bridgehead atoms. The number of anilines is 1. The summed E-state index contributed by atoms with van der Waals surface area (Å²) in [6, 6.07) is 11.8. The molecule has 1 heterocycles. The number of benzene rings is 1. The normalized spacial score (nSPS) is 10.3. The van der Waals surface area contributed by atoms with Crippen LogP contribution in [-0.2, 0) is 6.54 Å². The van der Waals surface area contributed by atoms with Crippen LogP contribution in [0.25, 0.3) is 0 Å². The van der Waals surface area contributed by atoms with Crippen molar-refractivity contribution in [1.29, 1.82) is 0 Å². The van der Waals surface area contributed by atoms with E-state index in [4.69, 9.17) is 9.15 Å². The fourth-order valence-electron chi connectivity index (χ4n) is 1.63. The van der Waals surface area contributed by atoms with Gasteiger partial charge in [-0.05, 0) is 36.4 Å². The highest BCUT2D eigenvalue weighted by Crippen LogP contribution is 2.14. The van der Waals surface area contributed by atoms with Gasteiger partial charge in [0.2, 0.25) is 0 Å². The van der Waals surface area contributed by atoms with Crippen LogP contribution in [-0.4, -0.2) is 20.2 Å². The van der Waals surface area contributed by atoms with Crippen LogP contribution in [0.5, 0.6) is 5.75 Å². The predicted molar refractivity (Wildman–Crippen MR) is 71.9 cm³/mol. The van der Waals surface area contributed by atoms with Gasteiger partial charge in [-0.3, -0.25) is 0 Å². The average molecular weight is 246 g/mol. The summed E-state index contributed by atoms with van der Waals surface area (Å²) >= 11 is 0. The second-order valence-electron chi connectivity index (χ2n) is 3.91. The van der Waals surface area contributed by atoms with Gasteiger partial charge in [0.05, 0.1) is 19.9 Å². The number of nitrogens with one attached hydrogen (secondary N) is 2. The van der Waals surface area contributed by atoms with Gasteiger partial charge in [-0.1, -0.05) is 0 Å². The van der Waals surface area contributed by atoms with Crippen LogP contribution in [0.1, 0.15) is 5.76 Å². The monoisotopic (exact) mass is 246 g/mol. The molecule has 0 amide bonds. The van der Waals surface area contributed by atoms with Gasteiger partial charge in [-0.2, -0.15) is 0 Å². The lowest BCUT2D eigenvalue weighted by atomic mass is 10.3. The lowest BCUT2D eigenvalue weighted by molar-refractivity contribution is 0.415. The molecule has 4 nitrogen and oxygen atoms in total. The summed E-state index contributed by atoms with van der Waals surface area (Å²) in [5.41, 5.74) is 1.09. The van der Waals surface area contributed by atoms with E-state index in [2.05, 4.69) is 10.6 Å². The molecule has 2 N–H and O–H groups in total. The molecule has 0 aliphatic carbocycles. The molecule has 2 rings (SSSR count). The van der Waals surface area contributed by atoms with E-state index in [-0.39, 0.29) is 0 Å². The molecular weight excluding hydrogens is 228 g/mol. The second-order valence-corrected chi connectivity index (χ2v) is 3.91. The first kappa shape index (κ1) is 12.5. The smallest absolute Gasteiger partial charge is 0.119 e. The van der Waals surface area contributed by atoms with Crippen molar-refractivity contribution < 1.29 is 9.15 Å². The van der Waals surface area contributed by atoms with Gasteiger partial charge in [0.15, 0.2) is 0 Å². The fraction of sp³-hybridized carbons (Fsp3) is 0.286. The Morgan fingerprint density at radius 1 is 1.11 bits per heavy atom. The highest BCUT2D eigenvalue weighted by molar-refractivity contribution is 5.46. The van der Waals surface area contributed by atoms with Crippen molar-refractivity contribution in [3.8, 4) is 5.75 Å². The summed E-state index contributed by atoms with van der Waals surface area (Å²) in [6.45, 7) is 2.51. The largest absolute Gasteiger partial charge is 0.497 e. The third-order valence-corrected chi connectivity index (χ3v) is 2.60. The molecule has 1 aromatic carbocycles. The Kier molecular flexibility index (Phi) is 4.67. The average Bonchev–Trinajstić information content (AvgIpc) is 2.92. The van der Waals surface area contributed by atoms with Gasteiger partial charge < -0.3 is 19.8 Å². The van der Waals surface area contributed by atoms with Crippen molar-refractivity contribution in [3.05, 3.63) is 48.4 Å². The van der Waals surface area contributed by atoms with Gasteiger partial charge >= 0.3 is 0 Å². The standard InChI is InChI=1S/C14H18N2O2/c1-17-13-6-4-12(5-7-13)16-9-8-15-11-14-3-2-10-18-14/h2-7,10,15-16H,8-9,11H2,1H3. The van der Waals surface area contributed by atoms with Gasteiger partial charge in [0, 0.05) is 18.8 Å². The molecule has 2 aromatic rings. The Hall–Kier alpha value is -1.94. The molecule has 96 valence electrons. The molecule has 0 atom stereocenters. The quantitative estimate of drug-likeness (QED) is 0.737. The molecule has 4 heteroatoms. The Bertz CT molecular complexity index is 437. The SMILES string of the molecule is COc1ccc(NCCNCc2ccco2)cc1. The summed E-state index contributed by atoms with van der Waals surface area (Å²) in [6.07, 6.45) is 1.69. The summed E-state index contributed by atoms with van der Waals surface area (Å²) in [7, 11) is 1.67. The number of methoxy groups -OCH3 is 1. The Balaban J connectivity index is 1.62. The Morgan fingerprint density at radius 2 is 1.94 bits per heavy atom. The van der Waals surface area contributed by atoms with Gasteiger partial charge in [-0.25, -0.2) is 0 Å². The lowest BCUT2D eigenvalue weighted by Crippen LogP contribution is -2.21. The molecule has 0 radical (unpaired) electrons. The highest BCUT2D eigenvalue weighted by Gasteiger charge is 1.95. The lowest BCUT2D eigenvalue weighted by Gasteiger charge is -2.07. The van der Waals surface area contributed by atoms with Crippen molar-refractivity contribution in [2.75, 3.05) is 25.5 Å². The molecule has 0 aliphatic rings. The Morgan fingerprint density at radius 3 is 2.61 bits per heavy atom. The van der Waals surface area contributed by atoms with Crippen LogP contribution in [0.4, 0.5) is 5.69 Å². The van der Waals surface area contributed by atoms with Gasteiger partial charge in [0.1, 0.15) is 11.5 Å². The van der Waals surface area contributed by atoms with E-state index in [0.717, 1.165) is 36.8 Å². The van der Waals surface area contributed by atoms with Crippen LogP contribution in [0.15, 0.2) is 47.1 Å². The first-order valence-corrected chi connectivity index (χ1v) is 5.99. The molecule has 0 unspecified atom stereocenters. The van der Waals surface area contributed by atoms with E-state index >= 15 is 0 Å². The van der Waals surface area contributed by atoms with Crippen LogP contribution >= 0.6 is 0 Å². The molecule has 18 heavy (non-hydrogen) atoms. The van der Waals surface area contributed by atoms with Crippen molar-refractivity contribution in [2.45, 2.75) is 6.54 Å². The minimum Gasteiger partial charge on any atom is -0.497 e. The van der Waals surface area contributed by atoms with Crippen molar-refractivity contribution in [2.24, 2.45) is 0 Å². The minimum atomic E-state index is 0.761. The highest BCUT2D eigenvalue weighted by atomic mass is 16.5. The number of ether oxygens (including phenoxy) is 1. The van der Waals surface area contributed by atoms with Gasteiger partial charge in [-0.15, -0.1) is 0 Å². The Labute approximate surface area is 107 Å². The number of furan rings is 1. The maximum Gasteiger partial charge on any atom is 0.119 e. The summed E-state index contributed by atoms with van der Waals surface area (Å²) in [5, 5.41) is 6.63. The summed E-state index contributed by atoms with van der Waals surface area (Å²) in [4.78, 5) is 0. The van der Waals surface area contributed by atoms with E-state index < -0.39 is 0 Å². The molecule has 0 saturated heterocycles. The third-order valence-electron chi connectivity index (χ3n) is 2.60. The number of hydrogen-bond acceptors (Lipinski definition) is 4. The summed E-state index contributed by atoms with van der Waals surface area (Å²) in [5.74, 6) is 1.83. The first-order valence-electron chi connectivity index (χ1n) is 5.99. The first-order chi connectivity index (χ1) is 8.88. The van der Waals surface area contributed by atoms with Crippen molar-refractivity contribution in [1.82, 2.24) is 5.32 Å². The van der Waals surface area contributed by atoms with Crippen LogP contribution in [0.3, 0.4) is 0 Å². The van der Waals surface area contributed by atoms with Crippen molar-refractivity contribution in [3.63, 3.8) is 0 Å². The zero-order valence-electron chi connectivity index (χ0n) is 10.5. The predicted octanol–water partition coefficient (Wildman–Crippen LogP) is 2.49. The maximum absolute atomic E-state index is 5.23. The molecule has 0 fully saturated rings. The molecular formula is C14H18N2O2. The van der Waals surface area contributed by atoms with E-state index in [0.29, 0.717) is 0 Å². The second kappa shape index (κ2) is 6.71. The zero-order chi connectivity index (χ0) is 12.6. The van der Waals surface area contributed by atoms with E-state index in [1.54, 1.807) is 13.4 Å². The summed E-state index contributed by atoms with van der Waals surface area (Å²) < 4.78 is 10.3. The molecule has 0 saturated carbocycles. The number of rotatable bonds is 7. The van der Waals surface area contributed by atoms with Crippen LogP contribution < -0.4 is 15.4 Å². The molecule has 0 spiro atoms. The van der Waals surface area contributed by atoms with Crippen molar-refractivity contribution >= 4 is 5.69 Å². The number of hydrogen-bond donors (Lipinski definition) is 2. The van der Waals surface area contributed by atoms with Crippen LogP contribution in [0, 0.1) is 0 Å². The van der Waals surface area contributed by atoms with E-state index in [1.807, 2.05) is 36.4 Å². The third kappa shape index (κ3) is 3.82. The van der Waals surface area contributed by atoms with Gasteiger partial charge in [0.25, 0.3) is 0 Å². The topological polar surface area (TPSA) is 46.4 Å². The van der Waals surface area contributed by atoms with E-state index in [9.17, 15) is 0 Å². The molecule has 0 aliphatic heterocycles. The van der Waals surface area contributed by atoms with Crippen LogP contribution in [0.2, 0.25) is 0 Å². The molecule has 1 aromatic heterocycles. The minimum absolute atomic E-state index is 0.761. The maximum atomic E-state index is 5.23. The zero-order valence-corrected chi connectivity index (χ0v) is 10.5.